The number of carbonyl (C=O) groups excluding carboxylic acids is 2. The van der Waals surface area contributed by atoms with Crippen LogP contribution in [0.2, 0.25) is 0 Å². The molecule has 0 saturated heterocycles. The Labute approximate surface area is 211 Å². The van der Waals surface area contributed by atoms with Crippen LogP contribution in [0.4, 0.5) is 0 Å². The van der Waals surface area contributed by atoms with E-state index in [1.807, 2.05) is 81.4 Å². The van der Waals surface area contributed by atoms with Crippen molar-refractivity contribution in [1.82, 2.24) is 30.2 Å². The minimum atomic E-state index is -0.837. The Morgan fingerprint density at radius 2 is 1.78 bits per heavy atom. The molecule has 1 atom stereocenters. The van der Waals surface area contributed by atoms with Gasteiger partial charge in [-0.2, -0.15) is 0 Å². The van der Waals surface area contributed by atoms with Crippen molar-refractivity contribution in [2.45, 2.75) is 51.7 Å². The number of fused-ring (bicyclic) bond motifs is 1. The molecular formula is C28H32N6O2. The van der Waals surface area contributed by atoms with Gasteiger partial charge in [0.1, 0.15) is 18.1 Å². The van der Waals surface area contributed by atoms with Crippen LogP contribution in [0.5, 0.6) is 0 Å². The van der Waals surface area contributed by atoms with Gasteiger partial charge in [0, 0.05) is 30.0 Å². The van der Waals surface area contributed by atoms with E-state index in [1.165, 1.54) is 0 Å². The highest BCUT2D eigenvalue weighted by molar-refractivity contribution is 5.89. The number of rotatable bonds is 10. The van der Waals surface area contributed by atoms with Crippen LogP contribution >= 0.6 is 0 Å². The molecule has 2 heterocycles. The molecule has 0 unspecified atom stereocenters. The number of aromatic nitrogens is 4. The average molecular weight is 485 g/mol. The third-order valence-corrected chi connectivity index (χ3v) is 6.42. The zero-order chi connectivity index (χ0) is 25.5. The van der Waals surface area contributed by atoms with E-state index < -0.39 is 11.6 Å². The summed E-state index contributed by atoms with van der Waals surface area (Å²) in [6.45, 7) is 6.30. The van der Waals surface area contributed by atoms with Crippen LogP contribution in [0.25, 0.3) is 11.0 Å². The first-order chi connectivity index (χ1) is 17.4. The van der Waals surface area contributed by atoms with Crippen LogP contribution in [0.3, 0.4) is 0 Å². The van der Waals surface area contributed by atoms with Crippen LogP contribution in [-0.2, 0) is 22.6 Å². The van der Waals surface area contributed by atoms with Crippen molar-refractivity contribution in [3.8, 4) is 0 Å². The van der Waals surface area contributed by atoms with Gasteiger partial charge in [0.2, 0.25) is 11.8 Å². The number of benzene rings is 2. The van der Waals surface area contributed by atoms with E-state index in [0.29, 0.717) is 24.0 Å². The van der Waals surface area contributed by atoms with Crippen LogP contribution in [0.1, 0.15) is 44.4 Å². The molecule has 4 aromatic rings. The fourth-order valence-electron chi connectivity index (χ4n) is 4.05. The summed E-state index contributed by atoms with van der Waals surface area (Å²) in [5.74, 6) is -0.459. The molecule has 0 spiro atoms. The second kappa shape index (κ2) is 11.1. The predicted octanol–water partition coefficient (Wildman–Crippen LogP) is 3.94. The van der Waals surface area contributed by atoms with Crippen molar-refractivity contribution in [3.05, 3.63) is 90.3 Å². The molecule has 8 heteroatoms. The Bertz CT molecular complexity index is 1300. The topological polar surface area (TPSA) is 93.0 Å². The van der Waals surface area contributed by atoms with Crippen LogP contribution < -0.4 is 5.32 Å². The molecule has 8 nitrogen and oxygen atoms in total. The van der Waals surface area contributed by atoms with Crippen LogP contribution in [-0.4, -0.2) is 48.8 Å². The standard InChI is InChI=1S/C28H32N6O2/c1-4-28(2,3)30-27(36)26(22-13-10-17-29-19-22)33(18-16-21-11-6-5-7-12-21)25(35)20-34-24-15-9-8-14-23(24)31-32-34/h5-15,17,19,26H,4,16,18,20H2,1-3H3,(H,30,36)/t26-/m1/s1. The van der Waals surface area contributed by atoms with Crippen LogP contribution in [0.15, 0.2) is 79.1 Å². The quantitative estimate of drug-likeness (QED) is 0.368. The fraction of sp³-hybridized carbons (Fsp3) is 0.321. The second-order valence-electron chi connectivity index (χ2n) is 9.47. The summed E-state index contributed by atoms with van der Waals surface area (Å²) < 4.78 is 1.58. The second-order valence-corrected chi connectivity index (χ2v) is 9.47. The van der Waals surface area contributed by atoms with Gasteiger partial charge in [-0.1, -0.05) is 60.7 Å². The van der Waals surface area contributed by atoms with Gasteiger partial charge in [-0.3, -0.25) is 14.6 Å². The predicted molar refractivity (Wildman–Crippen MR) is 139 cm³/mol. The van der Waals surface area contributed by atoms with Gasteiger partial charge in [-0.05, 0) is 50.5 Å². The minimum absolute atomic E-state index is 0.0312. The van der Waals surface area contributed by atoms with Gasteiger partial charge in [0.15, 0.2) is 0 Å². The molecule has 0 aliphatic heterocycles. The van der Waals surface area contributed by atoms with Crippen molar-refractivity contribution in [2.75, 3.05) is 6.54 Å². The van der Waals surface area contributed by atoms with Gasteiger partial charge in [-0.25, -0.2) is 4.68 Å². The Kier molecular flexibility index (Phi) is 7.73. The van der Waals surface area contributed by atoms with Gasteiger partial charge in [0.25, 0.3) is 0 Å². The van der Waals surface area contributed by atoms with Gasteiger partial charge < -0.3 is 10.2 Å². The summed E-state index contributed by atoms with van der Waals surface area (Å²) in [7, 11) is 0. The highest BCUT2D eigenvalue weighted by Gasteiger charge is 2.34. The summed E-state index contributed by atoms with van der Waals surface area (Å²) in [6.07, 6.45) is 4.66. The summed E-state index contributed by atoms with van der Waals surface area (Å²) >= 11 is 0. The number of nitrogens with one attached hydrogen (secondary N) is 1. The molecule has 0 saturated carbocycles. The summed E-state index contributed by atoms with van der Waals surface area (Å²) in [4.78, 5) is 33.5. The largest absolute Gasteiger partial charge is 0.349 e. The van der Waals surface area contributed by atoms with E-state index in [4.69, 9.17) is 0 Å². The zero-order valence-corrected chi connectivity index (χ0v) is 21.0. The molecule has 0 aliphatic carbocycles. The lowest BCUT2D eigenvalue weighted by molar-refractivity contribution is -0.142. The molecule has 2 amide bonds. The van der Waals surface area contributed by atoms with Crippen molar-refractivity contribution < 1.29 is 9.59 Å². The zero-order valence-electron chi connectivity index (χ0n) is 21.0. The van der Waals surface area contributed by atoms with Crippen molar-refractivity contribution in [3.63, 3.8) is 0 Å². The number of nitrogens with zero attached hydrogens (tertiary/aromatic N) is 5. The molecule has 2 aromatic carbocycles. The number of para-hydroxylation sites is 1. The van der Waals surface area contributed by atoms with E-state index in [-0.39, 0.29) is 18.4 Å². The normalized spacial score (nSPS) is 12.3. The smallest absolute Gasteiger partial charge is 0.247 e. The highest BCUT2D eigenvalue weighted by atomic mass is 16.2. The van der Waals surface area contributed by atoms with Crippen LogP contribution in [0, 0.1) is 0 Å². The molecule has 36 heavy (non-hydrogen) atoms. The lowest BCUT2D eigenvalue weighted by Gasteiger charge is -2.34. The monoisotopic (exact) mass is 484 g/mol. The maximum Gasteiger partial charge on any atom is 0.247 e. The van der Waals surface area contributed by atoms with Crippen molar-refractivity contribution >= 4 is 22.8 Å². The minimum Gasteiger partial charge on any atom is -0.349 e. The number of pyridine rings is 1. The first-order valence-corrected chi connectivity index (χ1v) is 12.2. The maximum absolute atomic E-state index is 13.9. The van der Waals surface area contributed by atoms with E-state index >= 15 is 0 Å². The molecule has 0 radical (unpaired) electrons. The third kappa shape index (κ3) is 5.94. The number of hydrogen-bond acceptors (Lipinski definition) is 5. The van der Waals surface area contributed by atoms with Crippen molar-refractivity contribution in [1.29, 1.82) is 0 Å². The summed E-state index contributed by atoms with van der Waals surface area (Å²) in [6, 6.07) is 20.2. The highest BCUT2D eigenvalue weighted by Crippen LogP contribution is 2.24. The lowest BCUT2D eigenvalue weighted by atomic mass is 9.99. The lowest BCUT2D eigenvalue weighted by Crippen LogP contribution is -2.51. The van der Waals surface area contributed by atoms with Crippen molar-refractivity contribution in [2.24, 2.45) is 0 Å². The number of hydrogen-bond donors (Lipinski definition) is 1. The van der Waals surface area contributed by atoms with E-state index in [1.54, 1.807) is 28.0 Å². The number of amides is 2. The van der Waals surface area contributed by atoms with E-state index in [9.17, 15) is 9.59 Å². The molecule has 0 bridgehead atoms. The molecule has 0 aliphatic rings. The Morgan fingerprint density at radius 1 is 1.03 bits per heavy atom. The Morgan fingerprint density at radius 3 is 2.50 bits per heavy atom. The third-order valence-electron chi connectivity index (χ3n) is 6.42. The molecular weight excluding hydrogens is 452 g/mol. The van der Waals surface area contributed by atoms with Gasteiger partial charge in [0.05, 0.1) is 5.52 Å². The maximum atomic E-state index is 13.9. The van der Waals surface area contributed by atoms with Gasteiger partial charge in [-0.15, -0.1) is 5.10 Å². The molecule has 1 N–H and O–H groups in total. The molecule has 4 rings (SSSR count). The molecule has 186 valence electrons. The summed E-state index contributed by atoms with van der Waals surface area (Å²) in [5, 5.41) is 11.5. The van der Waals surface area contributed by atoms with E-state index in [0.717, 1.165) is 17.5 Å². The summed E-state index contributed by atoms with van der Waals surface area (Å²) in [5.41, 5.74) is 2.80. The molecule has 0 fully saturated rings. The Balaban J connectivity index is 1.70. The van der Waals surface area contributed by atoms with E-state index in [2.05, 4.69) is 20.6 Å². The molecule has 2 aromatic heterocycles. The average Bonchev–Trinajstić information content (AvgIpc) is 3.30. The fourth-order valence-corrected chi connectivity index (χ4v) is 4.05. The van der Waals surface area contributed by atoms with Gasteiger partial charge >= 0.3 is 0 Å². The number of carbonyl (C=O) groups is 2. The first kappa shape index (κ1) is 25.0. The first-order valence-electron chi connectivity index (χ1n) is 12.2. The Hall–Kier alpha value is -4.07. The SMILES string of the molecule is CCC(C)(C)NC(=O)[C@@H](c1cccnc1)N(CCc1ccccc1)C(=O)Cn1nnc2ccccc21.